The number of aryl methyl sites for hydroxylation is 2. The van der Waals surface area contributed by atoms with Crippen LogP contribution in [0.2, 0.25) is 5.02 Å². The quantitative estimate of drug-likeness (QED) is 0.494. The summed E-state index contributed by atoms with van der Waals surface area (Å²) in [5, 5.41) is 0.799. The molecule has 1 unspecified atom stereocenters. The number of rotatable bonds is 2. The van der Waals surface area contributed by atoms with Gasteiger partial charge in [0.2, 0.25) is 0 Å². The van der Waals surface area contributed by atoms with E-state index in [2.05, 4.69) is 56.1 Å². The van der Waals surface area contributed by atoms with E-state index in [0.717, 1.165) is 15.1 Å². The summed E-state index contributed by atoms with van der Waals surface area (Å²) < 4.78 is 1.05. The zero-order valence-electron chi connectivity index (χ0n) is 11.0. The third-order valence-corrected chi connectivity index (χ3v) is 5.76. The minimum Gasteiger partial charge on any atom is -0.0840 e. The van der Waals surface area contributed by atoms with Crippen molar-refractivity contribution >= 4 is 43.5 Å². The predicted octanol–water partition coefficient (Wildman–Crippen LogP) is 6.47. The van der Waals surface area contributed by atoms with Crippen LogP contribution in [0.1, 0.15) is 39.9 Å². The van der Waals surface area contributed by atoms with Crippen LogP contribution in [-0.2, 0) is 12.8 Å². The number of halogens is 3. The van der Waals surface area contributed by atoms with Crippen molar-refractivity contribution in [3.63, 3.8) is 0 Å². The maximum absolute atomic E-state index is 6.33. The Morgan fingerprint density at radius 3 is 2.50 bits per heavy atom. The third-order valence-electron chi connectivity index (χ3n) is 3.90. The molecule has 3 rings (SSSR count). The van der Waals surface area contributed by atoms with Crippen LogP contribution in [0.25, 0.3) is 0 Å². The number of benzene rings is 2. The molecule has 2 aromatic rings. The molecule has 104 valence electrons. The molecule has 0 spiro atoms. The van der Waals surface area contributed by atoms with Crippen molar-refractivity contribution < 1.29 is 0 Å². The molecule has 0 radical (unpaired) electrons. The van der Waals surface area contributed by atoms with Gasteiger partial charge >= 0.3 is 0 Å². The van der Waals surface area contributed by atoms with E-state index in [-0.39, 0.29) is 4.83 Å². The van der Waals surface area contributed by atoms with Crippen LogP contribution in [0.3, 0.4) is 0 Å². The van der Waals surface area contributed by atoms with E-state index in [1.54, 1.807) is 0 Å². The van der Waals surface area contributed by atoms with Crippen molar-refractivity contribution in [1.82, 2.24) is 0 Å². The summed E-state index contributed by atoms with van der Waals surface area (Å²) in [6.45, 7) is 0. The Kier molecular flexibility index (Phi) is 4.54. The number of hydrogen-bond acceptors (Lipinski definition) is 0. The molecule has 20 heavy (non-hydrogen) atoms. The van der Waals surface area contributed by atoms with Gasteiger partial charge in [0.25, 0.3) is 0 Å². The molecule has 0 amide bonds. The van der Waals surface area contributed by atoms with Crippen molar-refractivity contribution in [3.8, 4) is 0 Å². The number of hydrogen-bond donors (Lipinski definition) is 0. The Hall–Kier alpha value is -0.310. The maximum atomic E-state index is 6.33. The minimum atomic E-state index is 0.139. The van der Waals surface area contributed by atoms with Gasteiger partial charge in [-0.3, -0.25) is 0 Å². The molecule has 0 N–H and O–H groups in total. The normalized spacial score (nSPS) is 15.8. The van der Waals surface area contributed by atoms with Crippen LogP contribution < -0.4 is 0 Å². The first-order valence-electron chi connectivity index (χ1n) is 6.86. The van der Waals surface area contributed by atoms with Crippen LogP contribution in [0.4, 0.5) is 0 Å². The van der Waals surface area contributed by atoms with Gasteiger partial charge in [0.1, 0.15) is 0 Å². The van der Waals surface area contributed by atoms with Gasteiger partial charge < -0.3 is 0 Å². The molecule has 0 saturated heterocycles. The zero-order chi connectivity index (χ0) is 14.1. The molecule has 1 aliphatic carbocycles. The monoisotopic (exact) mass is 412 g/mol. The lowest BCUT2D eigenvalue weighted by molar-refractivity contribution is 0.684. The smallest absolute Gasteiger partial charge is 0.0659 e. The highest BCUT2D eigenvalue weighted by atomic mass is 79.9. The maximum Gasteiger partial charge on any atom is 0.0659 e. The lowest BCUT2D eigenvalue weighted by atomic mass is 9.89. The van der Waals surface area contributed by atoms with E-state index in [0.29, 0.717) is 0 Å². The van der Waals surface area contributed by atoms with Gasteiger partial charge in [-0.25, -0.2) is 0 Å². The largest absolute Gasteiger partial charge is 0.0840 e. The summed E-state index contributed by atoms with van der Waals surface area (Å²) in [7, 11) is 0. The second-order valence-electron chi connectivity index (χ2n) is 5.26. The second-order valence-corrected chi connectivity index (χ2v) is 7.50. The Morgan fingerprint density at radius 2 is 1.70 bits per heavy atom. The van der Waals surface area contributed by atoms with E-state index in [9.17, 15) is 0 Å². The van der Waals surface area contributed by atoms with Crippen LogP contribution in [0, 0.1) is 0 Å². The van der Waals surface area contributed by atoms with Gasteiger partial charge in [0.15, 0.2) is 0 Å². The molecule has 0 heterocycles. The van der Waals surface area contributed by atoms with Crippen molar-refractivity contribution in [2.75, 3.05) is 0 Å². The molecule has 0 aromatic heterocycles. The second kappa shape index (κ2) is 6.21. The summed E-state index contributed by atoms with van der Waals surface area (Å²) in [6.07, 6.45) is 5.05. The van der Waals surface area contributed by atoms with Crippen molar-refractivity contribution in [2.45, 2.75) is 30.5 Å². The molecule has 0 nitrogen and oxygen atoms in total. The Morgan fingerprint density at radius 1 is 0.950 bits per heavy atom. The highest BCUT2D eigenvalue weighted by Gasteiger charge is 2.17. The lowest BCUT2D eigenvalue weighted by Gasteiger charge is -2.19. The molecule has 0 aliphatic heterocycles. The Labute approximate surface area is 141 Å². The molecule has 2 aromatic carbocycles. The summed E-state index contributed by atoms with van der Waals surface area (Å²) in [4.78, 5) is 0.139. The summed E-state index contributed by atoms with van der Waals surface area (Å²) >= 11 is 13.7. The van der Waals surface area contributed by atoms with E-state index in [4.69, 9.17) is 11.6 Å². The summed E-state index contributed by atoms with van der Waals surface area (Å²) in [5.74, 6) is 0. The molecule has 3 heteroatoms. The van der Waals surface area contributed by atoms with Crippen LogP contribution in [0.5, 0.6) is 0 Å². The third kappa shape index (κ3) is 2.98. The number of alkyl halides is 1. The molecule has 0 fully saturated rings. The van der Waals surface area contributed by atoms with Gasteiger partial charge in [0, 0.05) is 9.50 Å². The fourth-order valence-corrected chi connectivity index (χ4v) is 4.20. The first kappa shape index (κ1) is 14.6. The standard InChI is InChI=1S/C17H15Br2Cl/c18-14-7-8-16(20)15(10-14)17(19)13-6-5-11-3-1-2-4-12(11)9-13/h5-10,17H,1-4H2. The highest BCUT2D eigenvalue weighted by Crippen LogP contribution is 2.38. The van der Waals surface area contributed by atoms with E-state index >= 15 is 0 Å². The highest BCUT2D eigenvalue weighted by molar-refractivity contribution is 9.10. The van der Waals surface area contributed by atoms with Crippen LogP contribution in [-0.4, -0.2) is 0 Å². The van der Waals surface area contributed by atoms with Crippen molar-refractivity contribution in [2.24, 2.45) is 0 Å². The van der Waals surface area contributed by atoms with Crippen LogP contribution >= 0.6 is 43.5 Å². The van der Waals surface area contributed by atoms with Gasteiger partial charge in [-0.15, -0.1) is 0 Å². The Bertz CT molecular complexity index is 637. The summed E-state index contributed by atoms with van der Waals surface area (Å²) in [6, 6.07) is 12.8. The molecule has 0 bridgehead atoms. The predicted molar refractivity (Wildman–Crippen MR) is 93.0 cm³/mol. The fourth-order valence-electron chi connectivity index (χ4n) is 2.80. The first-order valence-corrected chi connectivity index (χ1v) is 8.94. The Balaban J connectivity index is 1.97. The van der Waals surface area contributed by atoms with Gasteiger partial charge in [0.05, 0.1) is 4.83 Å². The molecular weight excluding hydrogens is 399 g/mol. The molecular formula is C17H15Br2Cl. The summed E-state index contributed by atoms with van der Waals surface area (Å²) in [5.41, 5.74) is 5.41. The molecule has 1 aliphatic rings. The van der Waals surface area contributed by atoms with E-state index < -0.39 is 0 Å². The van der Waals surface area contributed by atoms with Gasteiger partial charge in [-0.1, -0.05) is 61.7 Å². The lowest BCUT2D eigenvalue weighted by Crippen LogP contribution is -2.04. The topological polar surface area (TPSA) is 0 Å². The van der Waals surface area contributed by atoms with Crippen LogP contribution in [0.15, 0.2) is 40.9 Å². The molecule has 1 atom stereocenters. The fraction of sp³-hybridized carbons (Fsp3) is 0.294. The molecule has 0 saturated carbocycles. The first-order chi connectivity index (χ1) is 9.65. The minimum absolute atomic E-state index is 0.139. The van der Waals surface area contributed by atoms with Gasteiger partial charge in [-0.2, -0.15) is 0 Å². The average molecular weight is 415 g/mol. The van der Waals surface area contributed by atoms with E-state index in [1.807, 2.05) is 12.1 Å². The average Bonchev–Trinajstić information content (AvgIpc) is 2.48. The number of fused-ring (bicyclic) bond motifs is 1. The van der Waals surface area contributed by atoms with E-state index in [1.165, 1.54) is 42.4 Å². The van der Waals surface area contributed by atoms with Crippen molar-refractivity contribution in [3.05, 3.63) is 68.1 Å². The SMILES string of the molecule is Clc1ccc(Br)cc1C(Br)c1ccc2c(c1)CCCC2. The van der Waals surface area contributed by atoms with Crippen molar-refractivity contribution in [1.29, 1.82) is 0 Å². The zero-order valence-corrected chi connectivity index (χ0v) is 14.9. The van der Waals surface area contributed by atoms with Gasteiger partial charge in [-0.05, 0) is 66.1 Å².